The van der Waals surface area contributed by atoms with Crippen LogP contribution in [0.5, 0.6) is 5.75 Å². The molecule has 15 N–H and O–H groups in total. The number of aliphatic carboxylic acids is 2. The van der Waals surface area contributed by atoms with Crippen molar-refractivity contribution in [2.75, 3.05) is 20.3 Å². The zero-order chi connectivity index (χ0) is 55.8. The van der Waals surface area contributed by atoms with Crippen LogP contribution in [0.1, 0.15) is 77.3 Å². The van der Waals surface area contributed by atoms with Gasteiger partial charge < -0.3 is 73.8 Å². The summed E-state index contributed by atoms with van der Waals surface area (Å²) in [5.74, 6) is -11.6. The number of phenolic OH excluding ortho intramolecular Hbond substituents is 1. The van der Waals surface area contributed by atoms with Gasteiger partial charge in [-0.1, -0.05) is 80.1 Å². The predicted molar refractivity (Wildman–Crippen MR) is 274 cm³/mol. The summed E-state index contributed by atoms with van der Waals surface area (Å²) in [5.41, 5.74) is 13.3. The summed E-state index contributed by atoms with van der Waals surface area (Å²) in [7, 11) is 1.60. The Bertz CT molecular complexity index is 2380. The first-order chi connectivity index (χ1) is 35.5. The molecule has 1 aliphatic heterocycles. The van der Waals surface area contributed by atoms with Crippen molar-refractivity contribution in [2.24, 2.45) is 28.3 Å². The molecule has 10 atom stereocenters. The molecule has 75 heavy (non-hydrogen) atoms. The summed E-state index contributed by atoms with van der Waals surface area (Å²) >= 11 is 0. The van der Waals surface area contributed by atoms with Crippen LogP contribution in [-0.2, 0) is 60.7 Å². The molecule has 0 spiro atoms. The van der Waals surface area contributed by atoms with Crippen molar-refractivity contribution in [1.29, 1.82) is 0 Å². The van der Waals surface area contributed by atoms with E-state index in [1.54, 1.807) is 32.2 Å². The Morgan fingerprint density at radius 2 is 1.35 bits per heavy atom. The number of ether oxygens (including phenoxy) is 1. The normalized spacial score (nSPS) is 24.3. The Kier molecular flexibility index (Phi) is 25.4. The highest BCUT2D eigenvalue weighted by Gasteiger charge is 2.34. The number of aliphatic hydroxyl groups excluding tert-OH is 1. The lowest BCUT2D eigenvalue weighted by atomic mass is 9.94. The van der Waals surface area contributed by atoms with Crippen LogP contribution in [0.25, 0.3) is 0 Å². The molecule has 0 unspecified atom stereocenters. The van der Waals surface area contributed by atoms with E-state index in [0.717, 1.165) is 5.56 Å². The van der Waals surface area contributed by atoms with Crippen LogP contribution in [-0.4, -0.2) is 148 Å². The zero-order valence-electron chi connectivity index (χ0n) is 42.7. The minimum absolute atomic E-state index is 0.00164. The number of aliphatic hydroxyl groups is 1. The highest BCUT2D eigenvalue weighted by atomic mass is 16.5. The Balaban J connectivity index is 2.09. The van der Waals surface area contributed by atoms with Crippen molar-refractivity contribution in [3.05, 3.63) is 89.5 Å². The van der Waals surface area contributed by atoms with E-state index in [2.05, 4.69) is 42.2 Å². The first-order valence-electron chi connectivity index (χ1n) is 24.4. The molecule has 410 valence electrons. The second-order valence-electron chi connectivity index (χ2n) is 18.3. The number of aromatic hydroxyl groups is 1. The number of hydrogen-bond donors (Lipinski definition) is 13. The third kappa shape index (κ3) is 21.6. The third-order valence-corrected chi connectivity index (χ3v) is 12.3. The molecule has 0 aromatic heterocycles. The van der Waals surface area contributed by atoms with Crippen LogP contribution in [0.2, 0.25) is 0 Å². The van der Waals surface area contributed by atoms with E-state index < -0.39 is 127 Å². The quantitative estimate of drug-likeness (QED) is 0.0398. The summed E-state index contributed by atoms with van der Waals surface area (Å²) in [6.45, 7) is 5.41. The second-order valence-corrected chi connectivity index (χ2v) is 18.3. The molecule has 24 nitrogen and oxygen atoms in total. The fourth-order valence-electron chi connectivity index (χ4n) is 7.83. The molecule has 2 aromatic rings. The first-order valence-corrected chi connectivity index (χ1v) is 24.4. The van der Waals surface area contributed by atoms with E-state index in [-0.39, 0.29) is 56.0 Å². The number of phenols is 1. The zero-order valence-corrected chi connectivity index (χ0v) is 42.7. The van der Waals surface area contributed by atoms with Crippen molar-refractivity contribution in [1.82, 2.24) is 37.2 Å². The van der Waals surface area contributed by atoms with E-state index in [4.69, 9.17) is 16.2 Å². The number of benzene rings is 2. The molecule has 1 fully saturated rings. The minimum Gasteiger partial charge on any atom is -0.508 e. The van der Waals surface area contributed by atoms with Gasteiger partial charge >= 0.3 is 11.9 Å². The largest absolute Gasteiger partial charge is 0.508 e. The maximum atomic E-state index is 14.3. The smallest absolute Gasteiger partial charge is 0.326 e. The molecule has 0 bridgehead atoms. The van der Waals surface area contributed by atoms with E-state index in [1.807, 2.05) is 43.3 Å². The van der Waals surface area contributed by atoms with E-state index in [0.29, 0.717) is 17.6 Å². The minimum atomic E-state index is -1.93. The molecule has 24 heteroatoms. The lowest BCUT2D eigenvalue weighted by Crippen LogP contribution is -2.58. The number of hydrogen-bond acceptors (Lipinski definition) is 13. The highest BCUT2D eigenvalue weighted by Crippen LogP contribution is 2.19. The Hall–Kier alpha value is -7.86. The number of guanidine groups is 1. The van der Waals surface area contributed by atoms with Crippen molar-refractivity contribution in [3.63, 3.8) is 0 Å². The highest BCUT2D eigenvalue weighted by molar-refractivity contribution is 5.96. The molecule has 1 saturated heterocycles. The maximum absolute atomic E-state index is 14.3. The Morgan fingerprint density at radius 3 is 1.96 bits per heavy atom. The number of carbonyl (C=O) groups excluding carboxylic acids is 7. The number of nitrogens with zero attached hydrogens (tertiary/aromatic N) is 1. The number of carbonyl (C=O) groups is 9. The molecule has 0 saturated carbocycles. The molecule has 1 heterocycles. The van der Waals surface area contributed by atoms with Gasteiger partial charge in [0, 0.05) is 26.0 Å². The van der Waals surface area contributed by atoms with Gasteiger partial charge in [0.2, 0.25) is 41.4 Å². The molecule has 3 rings (SSSR count). The monoisotopic (exact) mass is 1050 g/mol. The lowest BCUT2D eigenvalue weighted by Gasteiger charge is -2.27. The van der Waals surface area contributed by atoms with Gasteiger partial charge in [-0.25, -0.2) is 9.59 Å². The average Bonchev–Trinajstić information content (AvgIpc) is 3.36. The number of carboxylic acids is 2. The Morgan fingerprint density at radius 1 is 0.747 bits per heavy atom. The number of aryl methyl sites for hydroxylation is 1. The molecule has 7 amide bonds. The van der Waals surface area contributed by atoms with Crippen LogP contribution in [0, 0.1) is 11.8 Å². The van der Waals surface area contributed by atoms with Gasteiger partial charge in [0.05, 0.1) is 31.1 Å². The average molecular weight is 1050 g/mol. The van der Waals surface area contributed by atoms with Crippen molar-refractivity contribution in [2.45, 2.75) is 127 Å². The number of rotatable bonds is 17. The van der Waals surface area contributed by atoms with Crippen LogP contribution >= 0.6 is 0 Å². The summed E-state index contributed by atoms with van der Waals surface area (Å²) < 4.78 is 5.81. The second kappa shape index (κ2) is 31.0. The van der Waals surface area contributed by atoms with E-state index in [1.165, 1.54) is 32.1 Å². The van der Waals surface area contributed by atoms with Crippen molar-refractivity contribution < 1.29 is 68.3 Å². The number of allylic oxidation sites excluding steroid dienone is 2. The summed E-state index contributed by atoms with van der Waals surface area (Å²) in [4.78, 5) is 125. The number of aliphatic imine (C=N–C) groups is 1. The molecule has 0 aliphatic carbocycles. The van der Waals surface area contributed by atoms with Crippen molar-refractivity contribution >= 4 is 59.2 Å². The lowest BCUT2D eigenvalue weighted by molar-refractivity contribution is -0.144. The van der Waals surface area contributed by atoms with Crippen LogP contribution in [0.15, 0.2) is 83.4 Å². The number of carboxylic acid groups (broad SMARTS) is 2. The van der Waals surface area contributed by atoms with Gasteiger partial charge in [-0.3, -0.25) is 38.6 Å². The predicted octanol–water partition coefficient (Wildman–Crippen LogP) is -0.830. The van der Waals surface area contributed by atoms with Gasteiger partial charge in [-0.05, 0) is 75.6 Å². The van der Waals surface area contributed by atoms with Crippen LogP contribution in [0.3, 0.4) is 0 Å². The number of nitrogens with one attached hydrogen (secondary N) is 7. The van der Waals surface area contributed by atoms with Gasteiger partial charge in [-0.2, -0.15) is 0 Å². The summed E-state index contributed by atoms with van der Waals surface area (Å²) in [6, 6.07) is 4.78. The molecular weight excluding hydrogens is 977 g/mol. The van der Waals surface area contributed by atoms with Gasteiger partial charge in [0.25, 0.3) is 0 Å². The Labute approximate surface area is 435 Å². The van der Waals surface area contributed by atoms with Gasteiger partial charge in [0.15, 0.2) is 5.96 Å². The fourth-order valence-corrected chi connectivity index (χ4v) is 7.83. The van der Waals surface area contributed by atoms with Crippen molar-refractivity contribution in [3.8, 4) is 5.75 Å². The van der Waals surface area contributed by atoms with Gasteiger partial charge in [-0.15, -0.1) is 0 Å². The number of amides is 7. The standard InChI is InChI=1S/C51H72N10O14/c1-28(24-29(2)41(75-5)25-33-10-7-6-8-11-33)13-19-35-30(3)44(66)60-38(49(71)72)21-22-42(64)57-40(27-62)48(70)55-31(4)45(67)59-37(20-16-32-14-17-34(63)18-15-32)47(69)61-39(50(73)74)26-43(65)56-36(46(68)58-35)12-9-23-54-51(52)53/h6-8,10-11,13-15,17-19,24,29-31,35-41,62-63H,9,12,16,20-23,25-27H2,1-5H3,(H,55,70)(H,56,65)(H,57,64)(H,58,68)(H,59,67)(H,60,66)(H,61,69)(H,71,72)(H,73,74)(H4,52,53,54)/b19-13+,28-24+/t29-,30-,31+,35-,36-,37-,38+,39+,40-,41-/m0/s1. The first kappa shape index (κ1) is 61.4. The summed E-state index contributed by atoms with van der Waals surface area (Å²) in [5, 5.41) is 57.2. The molecule has 1 aliphatic rings. The molecule has 2 aromatic carbocycles. The number of methoxy groups -OCH3 is 1. The number of nitrogens with two attached hydrogens (primary N) is 2. The molecular formula is C51H72N10O14. The summed E-state index contributed by atoms with van der Waals surface area (Å²) in [6.07, 6.45) is 3.34. The maximum Gasteiger partial charge on any atom is 0.326 e. The SMILES string of the molecule is CO[C@@H](Cc1ccccc1)[C@@H](C)/C=C(C)/C=C/[C@@H]1NC(=O)[C@H](CCCN=C(N)N)NC(=O)C[C@H](C(=O)O)NC(=O)[C@H](CCc2ccc(O)cc2)NC(=O)[C@@H](C)NC(=O)[C@H](CO)NC(=O)CC[C@H](C(=O)O)NC(=O)[C@H]1C. The molecule has 0 radical (unpaired) electrons. The topological polar surface area (TPSA) is 392 Å². The van der Waals surface area contributed by atoms with Gasteiger partial charge in [0.1, 0.15) is 42.0 Å². The van der Waals surface area contributed by atoms with E-state index >= 15 is 0 Å². The fraction of sp³-hybridized carbons (Fsp3) is 0.490. The van der Waals surface area contributed by atoms with Crippen LogP contribution < -0.4 is 48.7 Å². The third-order valence-electron chi connectivity index (χ3n) is 12.3. The van der Waals surface area contributed by atoms with Crippen LogP contribution in [0.4, 0.5) is 0 Å². The van der Waals surface area contributed by atoms with E-state index in [9.17, 15) is 63.6 Å².